The second-order valence-corrected chi connectivity index (χ2v) is 14.5. The monoisotopic (exact) mass is 736 g/mol. The Balaban J connectivity index is 1.52. The zero-order chi connectivity index (χ0) is 39.0. The third-order valence-electron chi connectivity index (χ3n) is 7.33. The highest BCUT2D eigenvalue weighted by atomic mass is 16.6. The first-order valence-corrected chi connectivity index (χ1v) is 18.0. The third-order valence-corrected chi connectivity index (χ3v) is 7.33. The Kier molecular flexibility index (Phi) is 16.3. The Bertz CT molecular complexity index is 1630. The van der Waals surface area contributed by atoms with Gasteiger partial charge in [0.25, 0.3) is 5.91 Å². The maximum atomic E-state index is 13.6. The number of carbonyl (C=O) groups is 4. The Labute approximate surface area is 312 Å². The van der Waals surface area contributed by atoms with Crippen LogP contribution >= 0.6 is 0 Å². The summed E-state index contributed by atoms with van der Waals surface area (Å²) in [6.07, 6.45) is 2.28. The van der Waals surface area contributed by atoms with E-state index >= 15 is 0 Å². The molecule has 0 radical (unpaired) electrons. The Morgan fingerprint density at radius 3 is 2.21 bits per heavy atom. The molecule has 2 aromatic rings. The normalized spacial score (nSPS) is 12.7. The van der Waals surface area contributed by atoms with Crippen LogP contribution in [0.1, 0.15) is 89.2 Å². The number of alkyl carbamates (subject to hydrolysis) is 2. The molecule has 0 bridgehead atoms. The smallest absolute Gasteiger partial charge is 0.407 e. The van der Waals surface area contributed by atoms with Crippen LogP contribution in [0.3, 0.4) is 0 Å². The first-order chi connectivity index (χ1) is 25.0. The highest BCUT2D eigenvalue weighted by Crippen LogP contribution is 2.29. The largest absolute Gasteiger partial charge is 0.444 e. The molecule has 0 saturated carbocycles. The van der Waals surface area contributed by atoms with Crippen molar-refractivity contribution < 1.29 is 38.1 Å². The molecule has 0 atom stereocenters. The number of anilines is 1. The summed E-state index contributed by atoms with van der Waals surface area (Å²) >= 11 is 0. The lowest BCUT2D eigenvalue weighted by atomic mass is 10.0. The van der Waals surface area contributed by atoms with Gasteiger partial charge in [-0.3, -0.25) is 9.59 Å². The number of carbonyl (C=O) groups excluding carboxylic acids is 4. The molecular formula is C39H56N6O8. The molecule has 53 heavy (non-hydrogen) atoms. The maximum Gasteiger partial charge on any atom is 0.407 e. The van der Waals surface area contributed by atoms with Crippen molar-refractivity contribution in [3.63, 3.8) is 0 Å². The number of rotatable bonds is 17. The van der Waals surface area contributed by atoms with Crippen LogP contribution in [0, 0.1) is 0 Å². The SMILES string of the molecule is CCCN(CCCNC(=O)OC(C)(C)C)C(=O)C1=Cc2ccc(C(=O)Nc3cccc(COCCOCCNC(=O)OC(C)(C)C)c3)cc2N=C(N)C1. The summed E-state index contributed by atoms with van der Waals surface area (Å²) in [7, 11) is 0. The lowest BCUT2D eigenvalue weighted by Crippen LogP contribution is -2.37. The van der Waals surface area contributed by atoms with Crippen LogP contribution in [0.25, 0.3) is 6.08 Å². The molecule has 4 amide bonds. The maximum absolute atomic E-state index is 13.6. The number of aliphatic imine (C=N–C) groups is 1. The van der Waals surface area contributed by atoms with E-state index in [4.69, 9.17) is 24.7 Å². The topological polar surface area (TPSA) is 183 Å². The number of fused-ring (bicyclic) bond motifs is 1. The van der Waals surface area contributed by atoms with Crippen LogP contribution in [0.2, 0.25) is 0 Å². The number of ether oxygens (including phenoxy) is 4. The minimum Gasteiger partial charge on any atom is -0.444 e. The number of hydrogen-bond donors (Lipinski definition) is 4. The van der Waals surface area contributed by atoms with Gasteiger partial charge in [-0.1, -0.05) is 25.1 Å². The average molecular weight is 737 g/mol. The Morgan fingerprint density at radius 1 is 0.849 bits per heavy atom. The summed E-state index contributed by atoms with van der Waals surface area (Å²) in [4.78, 5) is 56.9. The molecule has 0 saturated heterocycles. The molecule has 0 spiro atoms. The molecule has 0 unspecified atom stereocenters. The highest BCUT2D eigenvalue weighted by Gasteiger charge is 2.22. The fraction of sp³-hybridized carbons (Fsp3) is 0.513. The Morgan fingerprint density at radius 2 is 1.53 bits per heavy atom. The van der Waals surface area contributed by atoms with Gasteiger partial charge in [-0.05, 0) is 90.3 Å². The van der Waals surface area contributed by atoms with Crippen LogP contribution < -0.4 is 21.7 Å². The van der Waals surface area contributed by atoms with E-state index in [1.165, 1.54) is 0 Å². The van der Waals surface area contributed by atoms with Gasteiger partial charge in [0.1, 0.15) is 17.0 Å². The quantitative estimate of drug-likeness (QED) is 0.143. The predicted molar refractivity (Wildman–Crippen MR) is 205 cm³/mol. The van der Waals surface area contributed by atoms with E-state index in [0.29, 0.717) is 87.1 Å². The van der Waals surface area contributed by atoms with Gasteiger partial charge in [0.15, 0.2) is 0 Å². The summed E-state index contributed by atoms with van der Waals surface area (Å²) < 4.78 is 21.7. The van der Waals surface area contributed by atoms with Crippen molar-refractivity contribution >= 4 is 47.3 Å². The molecule has 2 aromatic carbocycles. The summed E-state index contributed by atoms with van der Waals surface area (Å²) in [5.41, 5.74) is 8.65. The van der Waals surface area contributed by atoms with Crippen molar-refractivity contribution in [3.8, 4) is 0 Å². The van der Waals surface area contributed by atoms with Crippen molar-refractivity contribution in [2.24, 2.45) is 10.7 Å². The fourth-order valence-corrected chi connectivity index (χ4v) is 5.12. The minimum atomic E-state index is -0.588. The standard InChI is InChI=1S/C39H56N6O8/c1-8-17-45(18-10-15-41-36(48)52-38(2,3)4)35(47)30-23-28-13-14-29(24-32(28)44-33(40)25-30)34(46)43-31-12-9-11-27(22-31)26-51-21-20-50-19-16-42-37(49)53-39(5,6)7/h9,11-14,22-24H,8,10,15-21,25-26H2,1-7H3,(H2,40,44)(H,41,48)(H,42,49)(H,43,46). The predicted octanol–water partition coefficient (Wildman–Crippen LogP) is 5.93. The van der Waals surface area contributed by atoms with E-state index in [1.807, 2.05) is 25.1 Å². The number of amidine groups is 1. The molecule has 1 aliphatic rings. The van der Waals surface area contributed by atoms with Crippen LogP contribution in [0.4, 0.5) is 21.0 Å². The summed E-state index contributed by atoms with van der Waals surface area (Å²) in [5, 5.41) is 8.29. The number of nitrogens with one attached hydrogen (secondary N) is 3. The Hall–Kier alpha value is -4.95. The van der Waals surface area contributed by atoms with Crippen LogP contribution in [0.15, 0.2) is 53.0 Å². The molecule has 14 heteroatoms. The summed E-state index contributed by atoms with van der Waals surface area (Å²) in [6.45, 7) is 15.9. The number of benzene rings is 2. The second-order valence-electron chi connectivity index (χ2n) is 14.5. The molecular weight excluding hydrogens is 680 g/mol. The van der Waals surface area contributed by atoms with E-state index in [1.54, 1.807) is 76.8 Å². The van der Waals surface area contributed by atoms with E-state index < -0.39 is 23.4 Å². The molecule has 5 N–H and O–H groups in total. The summed E-state index contributed by atoms with van der Waals surface area (Å²) in [5.74, 6) is -0.216. The first-order valence-electron chi connectivity index (χ1n) is 18.0. The molecule has 14 nitrogen and oxygen atoms in total. The van der Waals surface area contributed by atoms with Gasteiger partial charge in [-0.25, -0.2) is 14.6 Å². The zero-order valence-corrected chi connectivity index (χ0v) is 32.1. The molecule has 1 heterocycles. The third kappa shape index (κ3) is 16.1. The van der Waals surface area contributed by atoms with Crippen LogP contribution in [-0.2, 0) is 30.3 Å². The highest BCUT2D eigenvalue weighted by molar-refractivity contribution is 6.08. The van der Waals surface area contributed by atoms with E-state index in [9.17, 15) is 19.2 Å². The van der Waals surface area contributed by atoms with Gasteiger partial charge in [0.2, 0.25) is 5.91 Å². The van der Waals surface area contributed by atoms with Crippen LogP contribution in [0.5, 0.6) is 0 Å². The molecule has 0 fully saturated rings. The zero-order valence-electron chi connectivity index (χ0n) is 32.1. The minimum absolute atomic E-state index is 0.152. The van der Waals surface area contributed by atoms with Gasteiger partial charge in [0.05, 0.1) is 32.1 Å². The van der Waals surface area contributed by atoms with E-state index in [0.717, 1.165) is 12.0 Å². The second kappa shape index (κ2) is 20.3. The molecule has 0 aliphatic carbocycles. The molecule has 290 valence electrons. The average Bonchev–Trinajstić information content (AvgIpc) is 3.23. The number of amides is 4. The van der Waals surface area contributed by atoms with Crippen molar-refractivity contribution in [1.29, 1.82) is 0 Å². The van der Waals surface area contributed by atoms with Crippen molar-refractivity contribution in [2.75, 3.05) is 51.3 Å². The number of hydrogen-bond acceptors (Lipinski definition) is 10. The van der Waals surface area contributed by atoms with Gasteiger partial charge in [0, 0.05) is 55.0 Å². The van der Waals surface area contributed by atoms with Gasteiger partial charge < -0.3 is 45.5 Å². The molecule has 3 rings (SSSR count). The lowest BCUT2D eigenvalue weighted by Gasteiger charge is -2.24. The number of nitrogens with zero attached hydrogens (tertiary/aromatic N) is 2. The number of nitrogens with two attached hydrogens (primary N) is 1. The van der Waals surface area contributed by atoms with Crippen LogP contribution in [-0.4, -0.2) is 91.9 Å². The van der Waals surface area contributed by atoms with Crippen molar-refractivity contribution in [2.45, 2.75) is 85.5 Å². The van der Waals surface area contributed by atoms with Gasteiger partial charge in [-0.15, -0.1) is 0 Å². The van der Waals surface area contributed by atoms with Gasteiger partial charge >= 0.3 is 12.2 Å². The molecule has 0 aromatic heterocycles. The first kappa shape index (κ1) is 42.5. The van der Waals surface area contributed by atoms with Crippen molar-refractivity contribution in [1.82, 2.24) is 15.5 Å². The molecule has 1 aliphatic heterocycles. The van der Waals surface area contributed by atoms with E-state index in [2.05, 4.69) is 20.9 Å². The van der Waals surface area contributed by atoms with Gasteiger partial charge in [-0.2, -0.15) is 0 Å². The fourth-order valence-electron chi connectivity index (χ4n) is 5.12. The van der Waals surface area contributed by atoms with E-state index in [-0.39, 0.29) is 24.1 Å². The lowest BCUT2D eigenvalue weighted by molar-refractivity contribution is -0.127. The van der Waals surface area contributed by atoms with Crippen molar-refractivity contribution in [3.05, 3.63) is 64.7 Å². The summed E-state index contributed by atoms with van der Waals surface area (Å²) in [6, 6.07) is 12.5.